The lowest BCUT2D eigenvalue weighted by Gasteiger charge is -2.12. The summed E-state index contributed by atoms with van der Waals surface area (Å²) in [6.45, 7) is 6.24. The Balaban J connectivity index is 1.80. The van der Waals surface area contributed by atoms with Gasteiger partial charge in [-0.25, -0.2) is 4.79 Å². The zero-order chi connectivity index (χ0) is 20.1. The first-order chi connectivity index (χ1) is 13.5. The van der Waals surface area contributed by atoms with Crippen molar-refractivity contribution >= 4 is 22.7 Å². The molecule has 2 aromatic carbocycles. The number of hydrogen-bond acceptors (Lipinski definition) is 5. The molecule has 0 fully saturated rings. The zero-order valence-corrected chi connectivity index (χ0v) is 16.4. The Morgan fingerprint density at radius 3 is 2.43 bits per heavy atom. The average molecular weight is 380 g/mol. The van der Waals surface area contributed by atoms with Gasteiger partial charge in [-0.15, -0.1) is 0 Å². The number of furan rings is 1. The Morgan fingerprint density at radius 2 is 1.75 bits per heavy atom. The molecule has 0 bridgehead atoms. The molecule has 0 radical (unpaired) electrons. The summed E-state index contributed by atoms with van der Waals surface area (Å²) in [6.07, 6.45) is -0.0265. The lowest BCUT2D eigenvalue weighted by atomic mass is 10.0. The van der Waals surface area contributed by atoms with Gasteiger partial charge in [0.25, 0.3) is 0 Å². The van der Waals surface area contributed by atoms with E-state index in [9.17, 15) is 9.59 Å². The van der Waals surface area contributed by atoms with Crippen molar-refractivity contribution in [1.29, 1.82) is 0 Å². The van der Waals surface area contributed by atoms with E-state index >= 15 is 0 Å². The Morgan fingerprint density at radius 1 is 1.04 bits per heavy atom. The van der Waals surface area contributed by atoms with Gasteiger partial charge >= 0.3 is 5.97 Å². The van der Waals surface area contributed by atoms with E-state index in [4.69, 9.17) is 13.9 Å². The molecule has 0 saturated carbocycles. The first-order valence-corrected chi connectivity index (χ1v) is 9.47. The summed E-state index contributed by atoms with van der Waals surface area (Å²) in [5.74, 6) is -0.842. The van der Waals surface area contributed by atoms with Crippen LogP contribution in [0, 0.1) is 0 Å². The van der Waals surface area contributed by atoms with E-state index in [1.165, 1.54) is 0 Å². The van der Waals surface area contributed by atoms with Crippen LogP contribution in [0.2, 0.25) is 0 Å². The molecule has 3 rings (SSSR count). The van der Waals surface area contributed by atoms with E-state index in [0.717, 1.165) is 17.4 Å². The van der Waals surface area contributed by atoms with E-state index in [2.05, 4.69) is 6.92 Å². The van der Waals surface area contributed by atoms with Crippen molar-refractivity contribution in [2.45, 2.75) is 39.9 Å². The highest BCUT2D eigenvalue weighted by molar-refractivity contribution is 6.02. The van der Waals surface area contributed by atoms with Crippen molar-refractivity contribution in [3.05, 3.63) is 71.0 Å². The van der Waals surface area contributed by atoms with Crippen LogP contribution in [0.25, 0.3) is 11.0 Å². The van der Waals surface area contributed by atoms with Gasteiger partial charge in [0.15, 0.2) is 6.10 Å². The maximum Gasteiger partial charge on any atom is 0.375 e. The highest BCUT2D eigenvalue weighted by Crippen LogP contribution is 2.27. The fraction of sp³-hybridized carbons (Fsp3) is 0.304. The average Bonchev–Trinajstić information content (AvgIpc) is 3.10. The highest BCUT2D eigenvalue weighted by Gasteiger charge is 2.26. The fourth-order valence-corrected chi connectivity index (χ4v) is 3.02. The second-order valence-corrected chi connectivity index (χ2v) is 6.51. The molecule has 0 spiro atoms. The van der Waals surface area contributed by atoms with Crippen molar-refractivity contribution in [3.8, 4) is 0 Å². The topological polar surface area (TPSA) is 65.7 Å². The number of rotatable bonds is 8. The molecule has 0 saturated heterocycles. The van der Waals surface area contributed by atoms with Crippen LogP contribution in [0.1, 0.15) is 52.8 Å². The summed E-state index contributed by atoms with van der Waals surface area (Å²) in [5.41, 5.74) is 2.87. The number of fused-ring (bicyclic) bond motifs is 1. The van der Waals surface area contributed by atoms with Crippen molar-refractivity contribution in [3.63, 3.8) is 0 Å². The molecule has 0 aliphatic heterocycles. The first kappa shape index (κ1) is 19.8. The van der Waals surface area contributed by atoms with Crippen LogP contribution < -0.4 is 0 Å². The number of ketones is 1. The Labute approximate surface area is 164 Å². The molecule has 5 heteroatoms. The van der Waals surface area contributed by atoms with Gasteiger partial charge in [-0.3, -0.25) is 4.79 Å². The monoisotopic (exact) mass is 380 g/mol. The minimum atomic E-state index is -0.923. The molecule has 0 unspecified atom stereocenters. The molecular formula is C23H24O5. The van der Waals surface area contributed by atoms with Gasteiger partial charge in [0, 0.05) is 23.1 Å². The number of Topliss-reactive ketones (excluding diaryl/α,β-unsaturated/α-hetero) is 1. The molecule has 0 aliphatic carbocycles. The van der Waals surface area contributed by atoms with Crippen LogP contribution in [-0.4, -0.2) is 24.5 Å². The number of benzene rings is 2. The van der Waals surface area contributed by atoms with Crippen LogP contribution in [-0.2, 0) is 22.5 Å². The number of ether oxygens (including phenoxy) is 2. The van der Waals surface area contributed by atoms with Crippen molar-refractivity contribution in [2.24, 2.45) is 0 Å². The molecule has 1 atom stereocenters. The van der Waals surface area contributed by atoms with E-state index in [1.54, 1.807) is 25.1 Å². The first-order valence-electron chi connectivity index (χ1n) is 9.47. The molecule has 0 amide bonds. The summed E-state index contributed by atoms with van der Waals surface area (Å²) in [4.78, 5) is 25.3. The van der Waals surface area contributed by atoms with E-state index in [0.29, 0.717) is 23.3 Å². The normalized spacial score (nSPS) is 12.1. The van der Waals surface area contributed by atoms with Crippen LogP contribution in [0.5, 0.6) is 0 Å². The van der Waals surface area contributed by atoms with Crippen molar-refractivity contribution in [1.82, 2.24) is 0 Å². The summed E-state index contributed by atoms with van der Waals surface area (Å²) in [6, 6.07) is 14.7. The van der Waals surface area contributed by atoms with Crippen LogP contribution in [0.4, 0.5) is 0 Å². The second-order valence-electron chi connectivity index (χ2n) is 6.51. The van der Waals surface area contributed by atoms with E-state index in [1.807, 2.05) is 37.3 Å². The molecular weight excluding hydrogens is 356 g/mol. The van der Waals surface area contributed by atoms with Gasteiger partial charge in [-0.05, 0) is 31.9 Å². The summed E-state index contributed by atoms with van der Waals surface area (Å²) in [5, 5.41) is 0.803. The van der Waals surface area contributed by atoms with Crippen molar-refractivity contribution in [2.75, 3.05) is 6.61 Å². The van der Waals surface area contributed by atoms with Crippen LogP contribution >= 0.6 is 0 Å². The lowest BCUT2D eigenvalue weighted by molar-refractivity contribution is 0.0285. The predicted molar refractivity (Wildman–Crippen MR) is 107 cm³/mol. The SMILES string of the molecule is CCOCc1c(C(=O)O[C@@H](C)C(=O)c2ccc(CC)cc2)oc2ccccc12. The highest BCUT2D eigenvalue weighted by atomic mass is 16.6. The van der Waals surface area contributed by atoms with Crippen LogP contribution in [0.3, 0.4) is 0 Å². The number of esters is 1. The van der Waals surface area contributed by atoms with Gasteiger partial charge in [0.05, 0.1) is 6.61 Å². The largest absolute Gasteiger partial charge is 0.449 e. The van der Waals surface area contributed by atoms with E-state index < -0.39 is 12.1 Å². The molecule has 1 aromatic heterocycles. The standard InChI is InChI=1S/C23H24O5/c1-4-16-10-12-17(13-11-16)21(24)15(3)27-23(25)22-19(14-26-5-2)18-8-6-7-9-20(18)28-22/h6-13,15H,4-5,14H2,1-3H3/t15-/m0/s1. The fourth-order valence-electron chi connectivity index (χ4n) is 3.02. The third-order valence-corrected chi connectivity index (χ3v) is 4.63. The van der Waals surface area contributed by atoms with Gasteiger partial charge in [0.1, 0.15) is 5.58 Å². The molecule has 0 aliphatic rings. The molecule has 146 valence electrons. The second kappa shape index (κ2) is 8.85. The lowest BCUT2D eigenvalue weighted by Crippen LogP contribution is -2.24. The van der Waals surface area contributed by atoms with Gasteiger partial charge in [-0.2, -0.15) is 0 Å². The van der Waals surface area contributed by atoms with Gasteiger partial charge in [-0.1, -0.05) is 49.4 Å². The third kappa shape index (κ3) is 4.15. The number of para-hydroxylation sites is 1. The number of carbonyl (C=O) groups excluding carboxylic acids is 2. The third-order valence-electron chi connectivity index (χ3n) is 4.63. The zero-order valence-electron chi connectivity index (χ0n) is 16.4. The number of carbonyl (C=O) groups is 2. The minimum absolute atomic E-state index is 0.0793. The Bertz CT molecular complexity index is 968. The number of hydrogen-bond donors (Lipinski definition) is 0. The predicted octanol–water partition coefficient (Wildman–Crippen LogP) is 4.96. The molecule has 3 aromatic rings. The van der Waals surface area contributed by atoms with Crippen LogP contribution in [0.15, 0.2) is 52.9 Å². The number of aryl methyl sites for hydroxylation is 1. The maximum absolute atomic E-state index is 12.7. The van der Waals surface area contributed by atoms with Gasteiger partial charge < -0.3 is 13.9 Å². The maximum atomic E-state index is 12.7. The Kier molecular flexibility index (Phi) is 6.26. The van der Waals surface area contributed by atoms with E-state index in [-0.39, 0.29) is 18.2 Å². The summed E-state index contributed by atoms with van der Waals surface area (Å²) in [7, 11) is 0. The summed E-state index contributed by atoms with van der Waals surface area (Å²) >= 11 is 0. The molecule has 5 nitrogen and oxygen atoms in total. The molecule has 1 heterocycles. The summed E-state index contributed by atoms with van der Waals surface area (Å²) < 4.78 is 16.6. The smallest absolute Gasteiger partial charge is 0.375 e. The molecule has 28 heavy (non-hydrogen) atoms. The van der Waals surface area contributed by atoms with Gasteiger partial charge in [0.2, 0.25) is 11.5 Å². The quantitative estimate of drug-likeness (QED) is 0.408. The minimum Gasteiger partial charge on any atom is -0.449 e. The molecule has 0 N–H and O–H groups in total. The van der Waals surface area contributed by atoms with Crippen molar-refractivity contribution < 1.29 is 23.5 Å². The Hall–Kier alpha value is -2.92.